The second-order valence-electron chi connectivity index (χ2n) is 5.11. The van der Waals surface area contributed by atoms with E-state index in [0.717, 1.165) is 47.6 Å². The number of hydrogen-bond donors (Lipinski definition) is 2. The maximum Gasteiger partial charge on any atom is 0.186 e. The molecule has 0 bridgehead atoms. The first-order chi connectivity index (χ1) is 8.61. The zero-order chi connectivity index (χ0) is 13.1. The van der Waals surface area contributed by atoms with E-state index in [0.29, 0.717) is 0 Å². The number of nitrogens with zero attached hydrogens (tertiary/aromatic N) is 2. The van der Waals surface area contributed by atoms with Crippen molar-refractivity contribution < 1.29 is 0 Å². The maximum atomic E-state index is 7.64. The molecule has 0 aliphatic carbocycles. The van der Waals surface area contributed by atoms with E-state index in [9.17, 15) is 0 Å². The van der Waals surface area contributed by atoms with Crippen LogP contribution < -0.4 is 10.6 Å². The lowest BCUT2D eigenvalue weighted by molar-refractivity contribution is 0.438. The highest BCUT2D eigenvalue weighted by Crippen LogP contribution is 2.30. The van der Waals surface area contributed by atoms with Gasteiger partial charge in [0.15, 0.2) is 5.13 Å². The summed E-state index contributed by atoms with van der Waals surface area (Å²) >= 11 is 1.58. The van der Waals surface area contributed by atoms with E-state index < -0.39 is 0 Å². The van der Waals surface area contributed by atoms with Crippen LogP contribution >= 0.6 is 11.3 Å². The Kier molecular flexibility index (Phi) is 4.22. The van der Waals surface area contributed by atoms with Crippen LogP contribution in [0.15, 0.2) is 0 Å². The van der Waals surface area contributed by atoms with Crippen LogP contribution in [0.25, 0.3) is 0 Å². The van der Waals surface area contributed by atoms with Gasteiger partial charge in [-0.05, 0) is 25.2 Å². The molecule has 4 nitrogen and oxygen atoms in total. The number of piperidine rings is 1. The van der Waals surface area contributed by atoms with E-state index in [1.54, 1.807) is 11.3 Å². The third-order valence-electron chi connectivity index (χ3n) is 3.47. The van der Waals surface area contributed by atoms with Crippen molar-refractivity contribution in [2.24, 2.45) is 11.7 Å². The van der Waals surface area contributed by atoms with Crippen LogP contribution in [0.3, 0.4) is 0 Å². The maximum absolute atomic E-state index is 7.64. The van der Waals surface area contributed by atoms with E-state index in [1.807, 2.05) is 0 Å². The molecule has 5 heteroatoms. The fraction of sp³-hybridized carbons (Fsp3) is 0.692. The lowest BCUT2D eigenvalue weighted by Gasteiger charge is -2.29. The molecule has 1 saturated heterocycles. The summed E-state index contributed by atoms with van der Waals surface area (Å²) in [5.41, 5.74) is 6.65. The van der Waals surface area contributed by atoms with Crippen LogP contribution in [-0.4, -0.2) is 23.9 Å². The Morgan fingerprint density at radius 3 is 2.72 bits per heavy atom. The smallest absolute Gasteiger partial charge is 0.186 e. The third kappa shape index (κ3) is 2.83. The molecule has 2 heterocycles. The average Bonchev–Trinajstić information content (AvgIpc) is 2.75. The lowest BCUT2D eigenvalue weighted by Crippen LogP contribution is -2.32. The molecule has 100 valence electrons. The largest absolute Gasteiger partial charge is 0.383 e. The van der Waals surface area contributed by atoms with Gasteiger partial charge in [-0.25, -0.2) is 4.98 Å². The molecule has 1 aromatic heterocycles. The number of aryl methyl sites for hydroxylation is 1. The number of hydrogen-bond acceptors (Lipinski definition) is 4. The van der Waals surface area contributed by atoms with E-state index in [4.69, 9.17) is 16.1 Å². The Balaban J connectivity index is 2.18. The molecule has 0 spiro atoms. The SMILES string of the molecule is CCCc1nc(N2CCC(C)CC2)sc1C(=N)N. The summed E-state index contributed by atoms with van der Waals surface area (Å²) in [5.74, 6) is 0.983. The summed E-state index contributed by atoms with van der Waals surface area (Å²) in [6.07, 6.45) is 4.42. The number of nitrogen functional groups attached to an aromatic ring is 1. The molecule has 1 fully saturated rings. The fourth-order valence-electron chi connectivity index (χ4n) is 2.29. The van der Waals surface area contributed by atoms with E-state index in [-0.39, 0.29) is 5.84 Å². The molecule has 1 aromatic rings. The topological polar surface area (TPSA) is 66.0 Å². The van der Waals surface area contributed by atoms with Crippen molar-refractivity contribution >= 4 is 22.3 Å². The summed E-state index contributed by atoms with van der Waals surface area (Å²) in [6.45, 7) is 6.60. The molecule has 2 rings (SSSR count). The van der Waals surface area contributed by atoms with Crippen molar-refractivity contribution in [3.8, 4) is 0 Å². The normalized spacial score (nSPS) is 17.1. The summed E-state index contributed by atoms with van der Waals surface area (Å²) in [5, 5.41) is 8.70. The molecule has 0 radical (unpaired) electrons. The van der Waals surface area contributed by atoms with Crippen molar-refractivity contribution in [2.75, 3.05) is 18.0 Å². The minimum atomic E-state index is 0.160. The molecular weight excluding hydrogens is 244 g/mol. The van der Waals surface area contributed by atoms with Gasteiger partial charge in [0.05, 0.1) is 10.6 Å². The highest BCUT2D eigenvalue weighted by Gasteiger charge is 2.21. The summed E-state index contributed by atoms with van der Waals surface area (Å²) < 4.78 is 0. The molecular formula is C13H22N4S. The first-order valence-corrected chi connectivity index (χ1v) is 7.52. The van der Waals surface area contributed by atoms with Gasteiger partial charge >= 0.3 is 0 Å². The minimum Gasteiger partial charge on any atom is -0.383 e. The predicted molar refractivity (Wildman–Crippen MR) is 77.7 cm³/mol. The average molecular weight is 266 g/mol. The zero-order valence-electron chi connectivity index (χ0n) is 11.2. The molecule has 3 N–H and O–H groups in total. The van der Waals surface area contributed by atoms with E-state index in [1.165, 1.54) is 12.8 Å². The quantitative estimate of drug-likeness (QED) is 0.650. The molecule has 1 aliphatic rings. The molecule has 0 saturated carbocycles. The van der Waals surface area contributed by atoms with Gasteiger partial charge in [-0.2, -0.15) is 0 Å². The number of anilines is 1. The monoisotopic (exact) mass is 266 g/mol. The number of nitrogens with two attached hydrogens (primary N) is 1. The van der Waals surface area contributed by atoms with Gasteiger partial charge in [-0.3, -0.25) is 5.41 Å². The minimum absolute atomic E-state index is 0.160. The van der Waals surface area contributed by atoms with Crippen LogP contribution in [-0.2, 0) is 6.42 Å². The summed E-state index contributed by atoms with van der Waals surface area (Å²) in [6, 6.07) is 0. The molecule has 1 aliphatic heterocycles. The van der Waals surface area contributed by atoms with Gasteiger partial charge in [0.2, 0.25) is 0 Å². The van der Waals surface area contributed by atoms with Gasteiger partial charge in [-0.1, -0.05) is 31.6 Å². The molecule has 0 amide bonds. The molecule has 18 heavy (non-hydrogen) atoms. The van der Waals surface area contributed by atoms with E-state index >= 15 is 0 Å². The lowest BCUT2D eigenvalue weighted by atomic mass is 10.00. The first-order valence-electron chi connectivity index (χ1n) is 6.70. The van der Waals surface area contributed by atoms with Gasteiger partial charge in [-0.15, -0.1) is 0 Å². The van der Waals surface area contributed by atoms with Crippen molar-refractivity contribution in [1.82, 2.24) is 4.98 Å². The number of aromatic nitrogens is 1. The Hall–Kier alpha value is -1.10. The van der Waals surface area contributed by atoms with Crippen LogP contribution in [0.2, 0.25) is 0 Å². The Morgan fingerprint density at radius 1 is 1.50 bits per heavy atom. The fourth-order valence-corrected chi connectivity index (χ4v) is 3.32. The van der Waals surface area contributed by atoms with Gasteiger partial charge in [0.25, 0.3) is 0 Å². The van der Waals surface area contributed by atoms with Crippen LogP contribution in [0, 0.1) is 11.3 Å². The van der Waals surface area contributed by atoms with Gasteiger partial charge < -0.3 is 10.6 Å². The second-order valence-corrected chi connectivity index (χ2v) is 6.08. The zero-order valence-corrected chi connectivity index (χ0v) is 12.0. The number of nitrogens with one attached hydrogen (secondary N) is 1. The van der Waals surface area contributed by atoms with Crippen molar-refractivity contribution in [3.63, 3.8) is 0 Å². The molecule has 0 unspecified atom stereocenters. The Bertz CT molecular complexity index is 419. The summed E-state index contributed by atoms with van der Waals surface area (Å²) in [7, 11) is 0. The number of thiazole rings is 1. The van der Waals surface area contributed by atoms with Crippen LogP contribution in [0.4, 0.5) is 5.13 Å². The first kappa shape index (κ1) is 13.3. The van der Waals surface area contributed by atoms with Gasteiger partial charge in [0, 0.05) is 13.1 Å². The predicted octanol–water partition coefficient (Wildman–Crippen LogP) is 2.62. The molecule has 0 aromatic carbocycles. The van der Waals surface area contributed by atoms with Crippen molar-refractivity contribution in [1.29, 1.82) is 5.41 Å². The van der Waals surface area contributed by atoms with Crippen LogP contribution in [0.5, 0.6) is 0 Å². The van der Waals surface area contributed by atoms with Crippen molar-refractivity contribution in [3.05, 3.63) is 10.6 Å². The van der Waals surface area contributed by atoms with Gasteiger partial charge in [0.1, 0.15) is 5.84 Å². The highest BCUT2D eigenvalue weighted by molar-refractivity contribution is 7.17. The summed E-state index contributed by atoms with van der Waals surface area (Å²) in [4.78, 5) is 7.90. The molecule has 0 atom stereocenters. The highest BCUT2D eigenvalue weighted by atomic mass is 32.1. The Labute approximate surface area is 113 Å². The number of rotatable bonds is 4. The second kappa shape index (κ2) is 5.69. The van der Waals surface area contributed by atoms with E-state index in [2.05, 4.69) is 18.7 Å². The standard InChI is InChI=1S/C13H22N4S/c1-3-4-10-11(12(14)15)18-13(16-10)17-7-5-9(2)6-8-17/h9H,3-8H2,1-2H3,(H3,14,15). The van der Waals surface area contributed by atoms with Crippen LogP contribution in [0.1, 0.15) is 43.7 Å². The third-order valence-corrected chi connectivity index (χ3v) is 4.66. The Morgan fingerprint density at radius 2 is 2.17 bits per heavy atom. The van der Waals surface area contributed by atoms with Crippen molar-refractivity contribution in [2.45, 2.75) is 39.5 Å². The number of amidine groups is 1.